The highest BCUT2D eigenvalue weighted by Gasteiger charge is 2.25. The molecule has 1 N–H and O–H groups in total. The van der Waals surface area contributed by atoms with Gasteiger partial charge in [-0.25, -0.2) is 0 Å². The number of hydrogen-bond donors (Lipinski definition) is 1. The van der Waals surface area contributed by atoms with E-state index < -0.39 is 0 Å². The Hall–Kier alpha value is -0.820. The van der Waals surface area contributed by atoms with Gasteiger partial charge in [0.2, 0.25) is 11.8 Å². The number of hydrogen-bond acceptors (Lipinski definition) is 2. The topological polar surface area (TPSA) is 49.4 Å². The zero-order valence-corrected chi connectivity index (χ0v) is 11.1. The Bertz CT molecular complexity index is 464. The highest BCUT2D eigenvalue weighted by atomic mass is 127. The van der Waals surface area contributed by atoms with E-state index in [9.17, 15) is 9.59 Å². The van der Waals surface area contributed by atoms with Crippen LogP contribution < -0.4 is 10.2 Å². The Balaban J connectivity index is 2.35. The smallest absolute Gasteiger partial charge is 0.246 e. The number of carbonyl (C=O) groups excluding carboxylic acids is 2. The summed E-state index contributed by atoms with van der Waals surface area (Å²) < 4.78 is 0.855. The van der Waals surface area contributed by atoms with Crippen molar-refractivity contribution in [1.82, 2.24) is 5.32 Å². The van der Waals surface area contributed by atoms with E-state index in [0.29, 0.717) is 5.02 Å². The monoisotopic (exact) mass is 350 g/mol. The Morgan fingerprint density at radius 2 is 2.12 bits per heavy atom. The molecule has 0 saturated carbocycles. The van der Waals surface area contributed by atoms with Gasteiger partial charge in [-0.1, -0.05) is 11.6 Å². The van der Waals surface area contributed by atoms with Gasteiger partial charge in [0.15, 0.2) is 0 Å². The zero-order chi connectivity index (χ0) is 11.7. The summed E-state index contributed by atoms with van der Waals surface area (Å²) in [5.74, 6) is -0.259. The van der Waals surface area contributed by atoms with Crippen LogP contribution in [0.3, 0.4) is 0 Å². The molecule has 2 rings (SSSR count). The van der Waals surface area contributed by atoms with Crippen molar-refractivity contribution in [1.29, 1.82) is 0 Å². The van der Waals surface area contributed by atoms with Crippen molar-refractivity contribution in [2.75, 3.05) is 18.0 Å². The lowest BCUT2D eigenvalue weighted by Gasteiger charge is -2.27. The van der Waals surface area contributed by atoms with Crippen molar-refractivity contribution in [2.24, 2.45) is 0 Å². The third-order valence-electron chi connectivity index (χ3n) is 2.24. The maximum Gasteiger partial charge on any atom is 0.246 e. The van der Waals surface area contributed by atoms with E-state index in [0.717, 1.165) is 9.26 Å². The van der Waals surface area contributed by atoms with Crippen LogP contribution in [0, 0.1) is 3.57 Å². The summed E-state index contributed by atoms with van der Waals surface area (Å²) in [6.45, 7) is 0.119. The van der Waals surface area contributed by atoms with Crippen LogP contribution in [-0.2, 0) is 9.59 Å². The van der Waals surface area contributed by atoms with Gasteiger partial charge in [0.1, 0.15) is 6.54 Å². The third-order valence-corrected chi connectivity index (χ3v) is 3.34. The summed E-state index contributed by atoms with van der Waals surface area (Å²) in [6, 6.07) is 5.22. The fraction of sp³-hybridized carbons (Fsp3) is 0.200. The molecule has 0 spiro atoms. The van der Waals surface area contributed by atoms with Crippen LogP contribution >= 0.6 is 34.2 Å². The Morgan fingerprint density at radius 1 is 1.38 bits per heavy atom. The molecule has 0 aliphatic carbocycles. The molecule has 0 radical (unpaired) electrons. The Morgan fingerprint density at radius 3 is 2.81 bits per heavy atom. The van der Waals surface area contributed by atoms with Gasteiger partial charge >= 0.3 is 0 Å². The molecule has 6 heteroatoms. The van der Waals surface area contributed by atoms with Crippen molar-refractivity contribution in [3.8, 4) is 0 Å². The molecule has 1 fully saturated rings. The second-order valence-corrected chi connectivity index (χ2v) is 4.95. The first-order valence-electron chi connectivity index (χ1n) is 4.60. The summed E-state index contributed by atoms with van der Waals surface area (Å²) in [6.07, 6.45) is 0. The van der Waals surface area contributed by atoms with Crippen molar-refractivity contribution in [3.63, 3.8) is 0 Å². The first-order valence-corrected chi connectivity index (χ1v) is 6.06. The van der Waals surface area contributed by atoms with Crippen molar-refractivity contribution in [2.45, 2.75) is 0 Å². The van der Waals surface area contributed by atoms with E-state index in [4.69, 9.17) is 11.6 Å². The van der Waals surface area contributed by atoms with Crippen molar-refractivity contribution >= 4 is 51.7 Å². The standard InChI is InChI=1S/C10H8ClIN2O2/c11-6-1-2-8(7(12)3-6)14-5-9(15)13-4-10(14)16/h1-3H,4-5H2,(H,13,15). The summed E-state index contributed by atoms with van der Waals surface area (Å²) in [4.78, 5) is 24.4. The van der Waals surface area contributed by atoms with Gasteiger partial charge in [-0.3, -0.25) is 9.59 Å². The van der Waals surface area contributed by atoms with E-state index in [1.165, 1.54) is 4.90 Å². The summed E-state index contributed by atoms with van der Waals surface area (Å²) in [7, 11) is 0. The fourth-order valence-electron chi connectivity index (χ4n) is 1.48. The second kappa shape index (κ2) is 4.58. The number of amides is 2. The van der Waals surface area contributed by atoms with Gasteiger partial charge in [0, 0.05) is 8.59 Å². The second-order valence-electron chi connectivity index (χ2n) is 3.35. The minimum atomic E-state index is -0.148. The van der Waals surface area contributed by atoms with Gasteiger partial charge < -0.3 is 10.2 Å². The SMILES string of the molecule is O=C1CN(c2ccc(Cl)cc2I)C(=O)CN1. The maximum atomic E-state index is 11.7. The number of nitrogens with one attached hydrogen (secondary N) is 1. The predicted molar refractivity (Wildman–Crippen MR) is 69.5 cm³/mol. The number of rotatable bonds is 1. The highest BCUT2D eigenvalue weighted by Crippen LogP contribution is 2.26. The van der Waals surface area contributed by atoms with Crippen LogP contribution in [0.1, 0.15) is 0 Å². The molecular formula is C10H8ClIN2O2. The number of carbonyl (C=O) groups is 2. The van der Waals surface area contributed by atoms with E-state index >= 15 is 0 Å². The van der Waals surface area contributed by atoms with Gasteiger partial charge in [0.25, 0.3) is 0 Å². The first kappa shape index (κ1) is 11.7. The lowest BCUT2D eigenvalue weighted by molar-refractivity contribution is -0.128. The molecule has 16 heavy (non-hydrogen) atoms. The van der Waals surface area contributed by atoms with E-state index in [-0.39, 0.29) is 24.9 Å². The zero-order valence-electron chi connectivity index (χ0n) is 8.17. The molecule has 1 heterocycles. The molecule has 0 atom stereocenters. The van der Waals surface area contributed by atoms with Gasteiger partial charge in [-0.05, 0) is 40.8 Å². The third kappa shape index (κ3) is 2.30. The molecule has 1 aliphatic rings. The summed E-state index contributed by atoms with van der Waals surface area (Å²) in [5.41, 5.74) is 0.727. The van der Waals surface area contributed by atoms with Crippen LogP contribution in [0.25, 0.3) is 0 Å². The first-order chi connectivity index (χ1) is 7.58. The molecular weight excluding hydrogens is 342 g/mol. The van der Waals surface area contributed by atoms with Gasteiger partial charge in [0.05, 0.1) is 12.2 Å². The number of benzene rings is 1. The molecule has 0 unspecified atom stereocenters. The molecule has 0 aromatic heterocycles. The van der Waals surface area contributed by atoms with Crippen LogP contribution in [0.15, 0.2) is 18.2 Å². The lowest BCUT2D eigenvalue weighted by atomic mass is 10.2. The van der Waals surface area contributed by atoms with Crippen LogP contribution in [0.5, 0.6) is 0 Å². The van der Waals surface area contributed by atoms with Crippen molar-refractivity contribution < 1.29 is 9.59 Å². The molecule has 0 bridgehead atoms. The molecule has 4 nitrogen and oxygen atoms in total. The molecule has 1 saturated heterocycles. The quantitative estimate of drug-likeness (QED) is 0.779. The number of nitrogens with zero attached hydrogens (tertiary/aromatic N) is 1. The van der Waals surface area contributed by atoms with Gasteiger partial charge in [-0.15, -0.1) is 0 Å². The summed E-state index contributed by atoms with van der Waals surface area (Å²) >= 11 is 7.93. The average Bonchev–Trinajstić information content (AvgIpc) is 2.22. The minimum Gasteiger partial charge on any atom is -0.345 e. The molecule has 1 aromatic rings. The molecule has 2 amide bonds. The molecule has 84 valence electrons. The normalized spacial score (nSPS) is 16.2. The predicted octanol–water partition coefficient (Wildman–Crippen LogP) is 1.41. The van der Waals surface area contributed by atoms with Crippen molar-refractivity contribution in [3.05, 3.63) is 26.8 Å². The number of halogens is 2. The Labute approximate surface area is 111 Å². The fourth-order valence-corrected chi connectivity index (χ4v) is 2.64. The van der Waals surface area contributed by atoms with Crippen LogP contribution in [-0.4, -0.2) is 24.9 Å². The number of piperazine rings is 1. The maximum absolute atomic E-state index is 11.7. The molecule has 1 aliphatic heterocycles. The van der Waals surface area contributed by atoms with E-state index in [1.807, 2.05) is 0 Å². The highest BCUT2D eigenvalue weighted by molar-refractivity contribution is 14.1. The minimum absolute atomic E-state index is 0.0531. The Kier molecular flexibility index (Phi) is 3.34. The van der Waals surface area contributed by atoms with E-state index in [2.05, 4.69) is 27.9 Å². The van der Waals surface area contributed by atoms with Gasteiger partial charge in [-0.2, -0.15) is 0 Å². The van der Waals surface area contributed by atoms with Crippen LogP contribution in [0.4, 0.5) is 5.69 Å². The molecule has 1 aromatic carbocycles. The average molecular weight is 351 g/mol. The number of anilines is 1. The lowest BCUT2D eigenvalue weighted by Crippen LogP contribution is -2.52. The largest absolute Gasteiger partial charge is 0.345 e. The van der Waals surface area contributed by atoms with Crippen LogP contribution in [0.2, 0.25) is 5.02 Å². The summed E-state index contributed by atoms with van der Waals surface area (Å²) in [5, 5.41) is 3.12. The van der Waals surface area contributed by atoms with E-state index in [1.54, 1.807) is 18.2 Å².